The van der Waals surface area contributed by atoms with Crippen LogP contribution in [0.2, 0.25) is 0 Å². The summed E-state index contributed by atoms with van der Waals surface area (Å²) in [6.07, 6.45) is 1.08. The fourth-order valence-corrected chi connectivity index (χ4v) is 5.63. The molecule has 0 N–H and O–H groups in total. The second kappa shape index (κ2) is 9.76. The first-order chi connectivity index (χ1) is 11.2. The molecule has 1 aromatic carbocycles. The second-order valence-corrected chi connectivity index (χ2v) is 10.7. The van der Waals surface area contributed by atoms with Crippen LogP contribution in [0.25, 0.3) is 0 Å². The maximum atomic E-state index is 12.3. The molecule has 136 valence electrons. The van der Waals surface area contributed by atoms with Crippen molar-refractivity contribution in [2.45, 2.75) is 52.9 Å². The highest BCUT2D eigenvalue weighted by Crippen LogP contribution is 2.60. The maximum absolute atomic E-state index is 12.3. The summed E-state index contributed by atoms with van der Waals surface area (Å²) in [6, 6.07) is 7.81. The van der Waals surface area contributed by atoms with E-state index >= 15 is 0 Å². The zero-order valence-corrected chi connectivity index (χ0v) is 17.0. The van der Waals surface area contributed by atoms with E-state index in [0.717, 1.165) is 5.56 Å². The van der Waals surface area contributed by atoms with Crippen LogP contribution in [0, 0.1) is 0 Å². The van der Waals surface area contributed by atoms with Gasteiger partial charge in [0, 0.05) is 17.7 Å². The summed E-state index contributed by atoms with van der Waals surface area (Å²) in [5.41, 5.74) is 2.02. The molecule has 0 aliphatic rings. The molecule has 0 aromatic heterocycles. The van der Waals surface area contributed by atoms with Gasteiger partial charge in [-0.3, -0.25) is 4.79 Å². The van der Waals surface area contributed by atoms with Crippen LogP contribution in [-0.2, 0) is 19.0 Å². The molecule has 0 aliphatic heterocycles. The lowest BCUT2D eigenvalue weighted by molar-refractivity contribution is 0.0982. The molecule has 1 aromatic rings. The van der Waals surface area contributed by atoms with Gasteiger partial charge in [0.05, 0.1) is 13.2 Å². The van der Waals surface area contributed by atoms with Crippen molar-refractivity contribution in [3.8, 4) is 0 Å². The Kier molecular flexibility index (Phi) is 8.72. The van der Waals surface area contributed by atoms with Gasteiger partial charge in [0.15, 0.2) is 5.78 Å². The highest BCUT2D eigenvalue weighted by atomic mass is 32.7. The predicted octanol–water partition coefficient (Wildman–Crippen LogP) is 5.86. The Morgan fingerprint density at radius 3 is 2.08 bits per heavy atom. The summed E-state index contributed by atoms with van der Waals surface area (Å²) in [7, 11) is 0. The number of hydrogen-bond donors (Lipinski definition) is 0. The molecule has 0 radical (unpaired) electrons. The molecule has 0 saturated heterocycles. The van der Waals surface area contributed by atoms with Gasteiger partial charge in [0.2, 0.25) is 0 Å². The monoisotopic (exact) mass is 372 g/mol. The molecule has 0 aliphatic carbocycles. The zero-order valence-electron chi connectivity index (χ0n) is 15.3. The third-order valence-electron chi connectivity index (χ3n) is 3.44. The van der Waals surface area contributed by atoms with Gasteiger partial charge in [-0.1, -0.05) is 45.0 Å². The van der Waals surface area contributed by atoms with Gasteiger partial charge >= 0.3 is 6.80 Å². The molecule has 0 spiro atoms. The Balaban J connectivity index is 2.47. The summed E-state index contributed by atoms with van der Waals surface area (Å²) < 4.78 is 22.7. The highest BCUT2D eigenvalue weighted by Gasteiger charge is 2.24. The molecule has 0 atom stereocenters. The van der Waals surface area contributed by atoms with Crippen LogP contribution in [0.4, 0.5) is 0 Å². The first-order valence-electron chi connectivity index (χ1n) is 8.39. The highest BCUT2D eigenvalue weighted by molar-refractivity contribution is 8.55. The molecule has 0 fully saturated rings. The van der Waals surface area contributed by atoms with E-state index in [1.54, 1.807) is 13.8 Å². The van der Waals surface area contributed by atoms with E-state index in [-0.39, 0.29) is 11.2 Å². The fourth-order valence-electron chi connectivity index (χ4n) is 2.14. The SMILES string of the molecule is CCOP(=O)(OCC)SCCCC(=O)c1ccc(C(C)(C)C)cc1. The van der Waals surface area contributed by atoms with Crippen molar-refractivity contribution in [2.24, 2.45) is 0 Å². The first-order valence-corrected chi connectivity index (χ1v) is 11.5. The maximum Gasteiger partial charge on any atom is 0.389 e. The molecule has 0 amide bonds. The van der Waals surface area contributed by atoms with Crippen molar-refractivity contribution in [2.75, 3.05) is 19.0 Å². The molecule has 0 bridgehead atoms. The van der Waals surface area contributed by atoms with E-state index in [1.807, 2.05) is 24.3 Å². The van der Waals surface area contributed by atoms with Crippen LogP contribution in [0.3, 0.4) is 0 Å². The Morgan fingerprint density at radius 2 is 1.62 bits per heavy atom. The minimum absolute atomic E-state index is 0.0813. The zero-order chi connectivity index (χ0) is 18.2. The molecule has 24 heavy (non-hydrogen) atoms. The summed E-state index contributed by atoms with van der Waals surface area (Å²) >= 11 is 1.17. The molecule has 4 nitrogen and oxygen atoms in total. The minimum Gasteiger partial charge on any atom is -0.301 e. The Hall–Kier alpha value is -0.610. The third-order valence-corrected chi connectivity index (χ3v) is 7.51. The molecule has 0 unspecified atom stereocenters. The molecular formula is C18H29O4PS. The van der Waals surface area contributed by atoms with Gasteiger partial charge in [-0.25, -0.2) is 4.57 Å². The average molecular weight is 372 g/mol. The summed E-state index contributed by atoms with van der Waals surface area (Å²) in [6.45, 7) is 7.65. The summed E-state index contributed by atoms with van der Waals surface area (Å²) in [4.78, 5) is 12.2. The lowest BCUT2D eigenvalue weighted by Crippen LogP contribution is -2.11. The number of benzene rings is 1. The number of carbonyl (C=O) groups excluding carboxylic acids is 1. The van der Waals surface area contributed by atoms with E-state index in [4.69, 9.17) is 9.05 Å². The Morgan fingerprint density at radius 1 is 1.08 bits per heavy atom. The smallest absolute Gasteiger partial charge is 0.301 e. The van der Waals surface area contributed by atoms with Crippen LogP contribution < -0.4 is 0 Å². The van der Waals surface area contributed by atoms with Crippen LogP contribution >= 0.6 is 18.2 Å². The average Bonchev–Trinajstić information content (AvgIpc) is 2.51. The standard InChI is InChI=1S/C18H29O4PS/c1-6-21-23(20,22-7-2)24-14-8-9-17(19)15-10-12-16(13-11-15)18(3,4)5/h10-13H,6-9,14H2,1-5H3. The summed E-state index contributed by atoms with van der Waals surface area (Å²) in [5, 5.41) is 0. The lowest BCUT2D eigenvalue weighted by Gasteiger charge is -2.19. The number of carbonyl (C=O) groups is 1. The van der Waals surface area contributed by atoms with Crippen molar-refractivity contribution >= 4 is 24.0 Å². The molecule has 1 rings (SSSR count). The van der Waals surface area contributed by atoms with Gasteiger partial charge < -0.3 is 9.05 Å². The van der Waals surface area contributed by atoms with Gasteiger partial charge in [0.1, 0.15) is 0 Å². The topological polar surface area (TPSA) is 52.6 Å². The normalized spacial score (nSPS) is 12.4. The number of rotatable bonds is 10. The van der Waals surface area contributed by atoms with Crippen LogP contribution in [0.1, 0.15) is 63.4 Å². The molecule has 0 saturated carbocycles. The van der Waals surface area contributed by atoms with E-state index in [0.29, 0.717) is 31.8 Å². The van der Waals surface area contributed by atoms with Crippen LogP contribution in [-0.4, -0.2) is 24.7 Å². The summed E-state index contributed by atoms with van der Waals surface area (Å²) in [5.74, 6) is 0.682. The first kappa shape index (κ1) is 21.4. The van der Waals surface area contributed by atoms with Crippen molar-refractivity contribution in [1.82, 2.24) is 0 Å². The second-order valence-electron chi connectivity index (χ2n) is 6.47. The molecule has 6 heteroatoms. The van der Waals surface area contributed by atoms with E-state index < -0.39 is 6.80 Å². The third kappa shape index (κ3) is 7.10. The molecular weight excluding hydrogens is 343 g/mol. The van der Waals surface area contributed by atoms with E-state index in [9.17, 15) is 9.36 Å². The van der Waals surface area contributed by atoms with Crippen molar-refractivity contribution in [3.05, 3.63) is 35.4 Å². The van der Waals surface area contributed by atoms with Gasteiger partial charge in [0.25, 0.3) is 0 Å². The van der Waals surface area contributed by atoms with Gasteiger partial charge in [-0.05, 0) is 42.6 Å². The van der Waals surface area contributed by atoms with Crippen LogP contribution in [0.15, 0.2) is 24.3 Å². The van der Waals surface area contributed by atoms with Crippen LogP contribution in [0.5, 0.6) is 0 Å². The fraction of sp³-hybridized carbons (Fsp3) is 0.611. The van der Waals surface area contributed by atoms with Crippen molar-refractivity contribution in [1.29, 1.82) is 0 Å². The van der Waals surface area contributed by atoms with Gasteiger partial charge in [-0.2, -0.15) is 0 Å². The Labute approximate surface area is 150 Å². The predicted molar refractivity (Wildman–Crippen MR) is 102 cm³/mol. The quantitative estimate of drug-likeness (QED) is 0.292. The van der Waals surface area contributed by atoms with E-state index in [1.165, 1.54) is 16.9 Å². The van der Waals surface area contributed by atoms with Crippen molar-refractivity contribution < 1.29 is 18.4 Å². The van der Waals surface area contributed by atoms with Crippen molar-refractivity contribution in [3.63, 3.8) is 0 Å². The van der Waals surface area contributed by atoms with Gasteiger partial charge in [-0.15, -0.1) is 0 Å². The molecule has 0 heterocycles. The van der Waals surface area contributed by atoms with E-state index in [2.05, 4.69) is 20.8 Å². The number of hydrogen-bond acceptors (Lipinski definition) is 5. The number of ketones is 1. The minimum atomic E-state index is -3.07. The number of Topliss-reactive ketones (excluding diaryl/α,β-unsaturated/α-hetero) is 1. The lowest BCUT2D eigenvalue weighted by atomic mass is 9.86. The Bertz CT molecular complexity index is 553. The largest absolute Gasteiger partial charge is 0.389 e.